The summed E-state index contributed by atoms with van der Waals surface area (Å²) in [6.45, 7) is 4.96. The molecule has 0 rings (SSSR count). The summed E-state index contributed by atoms with van der Waals surface area (Å²) in [6, 6.07) is -0.536. The van der Waals surface area contributed by atoms with Crippen molar-refractivity contribution in [3.63, 3.8) is 0 Å². The Morgan fingerprint density at radius 2 is 0.635 bits per heavy atom. The number of hydrogen-bond acceptors (Lipinski definition) is 5. The van der Waals surface area contributed by atoms with Crippen molar-refractivity contribution < 1.29 is 24.5 Å². The Balaban J connectivity index is 3.28. The van der Waals surface area contributed by atoms with Crippen LogP contribution in [0.4, 0.5) is 0 Å². The van der Waals surface area contributed by atoms with E-state index < -0.39 is 12.1 Å². The van der Waals surface area contributed by atoms with E-state index in [1.165, 1.54) is 315 Å². The van der Waals surface area contributed by atoms with Gasteiger partial charge in [-0.2, -0.15) is 0 Å². The summed E-state index contributed by atoms with van der Waals surface area (Å²) in [5.74, 6) is -0.0122. The quantitative estimate of drug-likeness (QED) is 0.0320. The van der Waals surface area contributed by atoms with Gasteiger partial charge in [0, 0.05) is 12.8 Å². The van der Waals surface area contributed by atoms with E-state index in [-0.39, 0.29) is 18.5 Å². The summed E-state index contributed by atoms with van der Waals surface area (Å²) < 4.78 is 5.51. The number of hydrogen-bond donors (Lipinski definition) is 3. The number of aliphatic hydroxyl groups excluding tert-OH is 2. The van der Waals surface area contributed by atoms with Crippen molar-refractivity contribution in [2.45, 2.75) is 398 Å². The van der Waals surface area contributed by atoms with Gasteiger partial charge < -0.3 is 20.3 Å². The molecule has 6 heteroatoms. The molecule has 0 aromatic carbocycles. The van der Waals surface area contributed by atoms with Crippen LogP contribution < -0.4 is 5.32 Å². The third-order valence-corrected chi connectivity index (χ3v) is 16.1. The van der Waals surface area contributed by atoms with Gasteiger partial charge in [-0.25, -0.2) is 0 Å². The molecule has 74 heavy (non-hydrogen) atoms. The van der Waals surface area contributed by atoms with Crippen molar-refractivity contribution in [3.8, 4) is 0 Å². The van der Waals surface area contributed by atoms with Crippen LogP contribution in [-0.4, -0.2) is 47.4 Å². The number of nitrogens with one attached hydrogen (secondary N) is 1. The van der Waals surface area contributed by atoms with Crippen LogP contribution in [-0.2, 0) is 14.3 Å². The highest BCUT2D eigenvalue weighted by Gasteiger charge is 2.20. The maximum Gasteiger partial charge on any atom is 0.305 e. The predicted octanol–water partition coefficient (Wildman–Crippen LogP) is 21.6. The van der Waals surface area contributed by atoms with Gasteiger partial charge in [-0.3, -0.25) is 9.59 Å². The minimum atomic E-state index is -0.658. The van der Waals surface area contributed by atoms with Crippen LogP contribution in [0.3, 0.4) is 0 Å². The number of amides is 1. The first-order chi connectivity index (χ1) is 36.5. The van der Waals surface area contributed by atoms with E-state index in [1.807, 2.05) is 0 Å². The van der Waals surface area contributed by atoms with E-state index in [2.05, 4.69) is 31.3 Å². The molecule has 0 spiro atoms. The van der Waals surface area contributed by atoms with Crippen LogP contribution in [0.25, 0.3) is 0 Å². The lowest BCUT2D eigenvalue weighted by atomic mass is 10.0. The van der Waals surface area contributed by atoms with Gasteiger partial charge in [-0.05, 0) is 51.4 Å². The van der Waals surface area contributed by atoms with E-state index in [1.54, 1.807) is 0 Å². The molecule has 0 radical (unpaired) electrons. The zero-order chi connectivity index (χ0) is 53.6. The molecule has 0 fully saturated rings. The van der Waals surface area contributed by atoms with Gasteiger partial charge in [0.1, 0.15) is 0 Å². The second-order valence-corrected chi connectivity index (χ2v) is 23.5. The lowest BCUT2D eigenvalue weighted by Crippen LogP contribution is -2.45. The molecule has 6 nitrogen and oxygen atoms in total. The maximum atomic E-state index is 12.4. The number of ether oxygens (including phenoxy) is 1. The van der Waals surface area contributed by atoms with Gasteiger partial charge in [-0.15, -0.1) is 0 Å². The molecule has 2 atom stereocenters. The van der Waals surface area contributed by atoms with Crippen LogP contribution in [0.5, 0.6) is 0 Å². The summed E-state index contributed by atoms with van der Waals surface area (Å²) in [4.78, 5) is 24.5. The molecule has 0 aliphatic rings. The topological polar surface area (TPSA) is 95.9 Å². The average Bonchev–Trinajstić information content (AvgIpc) is 3.40. The first-order valence-electron chi connectivity index (χ1n) is 33.9. The zero-order valence-corrected chi connectivity index (χ0v) is 50.4. The Hall–Kier alpha value is -1.40. The molecule has 0 aromatic rings. The van der Waals surface area contributed by atoms with Crippen molar-refractivity contribution in [3.05, 3.63) is 12.2 Å². The average molecular weight is 1040 g/mol. The number of carbonyl (C=O) groups is 2. The largest absolute Gasteiger partial charge is 0.466 e. The first-order valence-corrected chi connectivity index (χ1v) is 33.9. The zero-order valence-electron chi connectivity index (χ0n) is 50.4. The van der Waals surface area contributed by atoms with Crippen molar-refractivity contribution in [2.75, 3.05) is 13.2 Å². The van der Waals surface area contributed by atoms with E-state index in [9.17, 15) is 19.8 Å². The standard InChI is InChI=1S/C68H133NO5/c1-3-5-7-9-11-13-14-15-16-17-29-33-36-39-42-46-50-54-58-62-68(73)74-63-59-55-51-47-43-40-37-34-31-28-26-24-22-20-18-19-21-23-25-27-30-32-35-38-41-45-49-53-57-61-67(72)69-65(64-70)66(71)60-56-52-48-44-12-10-8-6-4-2/h15-16,65-66,70-71H,3-14,17-64H2,1-2H3,(H,69,72)/b16-15-. The molecule has 0 saturated carbocycles. The van der Waals surface area contributed by atoms with Crippen LogP contribution in [0, 0.1) is 0 Å². The Morgan fingerprint density at radius 3 is 0.959 bits per heavy atom. The highest BCUT2D eigenvalue weighted by Crippen LogP contribution is 2.19. The molecular weight excluding hydrogens is 911 g/mol. The molecule has 0 heterocycles. The lowest BCUT2D eigenvalue weighted by Gasteiger charge is -2.22. The maximum absolute atomic E-state index is 12.4. The van der Waals surface area contributed by atoms with Gasteiger partial charge in [0.2, 0.25) is 5.91 Å². The molecule has 1 amide bonds. The number of esters is 1. The number of unbranched alkanes of at least 4 members (excludes halogenated alkanes) is 51. The highest BCUT2D eigenvalue weighted by atomic mass is 16.5. The molecule has 0 bridgehead atoms. The molecule has 0 aliphatic heterocycles. The number of aliphatic hydroxyl groups is 2. The number of allylic oxidation sites excluding steroid dienone is 2. The van der Waals surface area contributed by atoms with Crippen molar-refractivity contribution in [2.24, 2.45) is 0 Å². The fourth-order valence-electron chi connectivity index (χ4n) is 10.9. The molecule has 2 unspecified atom stereocenters. The first kappa shape index (κ1) is 72.6. The SMILES string of the molecule is CCCCCCCC/C=C\CCCCCCCCCCCC(=O)OCCCCCCCCCCCCCCCCCCCCCCCCCCCCCCCC(=O)NC(CO)C(O)CCCCCCCCCCC. The molecule has 0 saturated heterocycles. The van der Waals surface area contributed by atoms with Crippen LogP contribution >= 0.6 is 0 Å². The van der Waals surface area contributed by atoms with Crippen molar-refractivity contribution >= 4 is 11.9 Å². The molecule has 440 valence electrons. The van der Waals surface area contributed by atoms with Gasteiger partial charge in [0.15, 0.2) is 0 Å². The normalized spacial score (nSPS) is 12.5. The third-order valence-electron chi connectivity index (χ3n) is 16.1. The summed E-state index contributed by atoms with van der Waals surface area (Å²) >= 11 is 0. The fourth-order valence-corrected chi connectivity index (χ4v) is 10.9. The van der Waals surface area contributed by atoms with E-state index in [0.29, 0.717) is 25.9 Å². The van der Waals surface area contributed by atoms with Crippen LogP contribution in [0.1, 0.15) is 386 Å². The minimum absolute atomic E-state index is 0.0198. The van der Waals surface area contributed by atoms with Gasteiger partial charge in [0.05, 0.1) is 25.4 Å². The summed E-state index contributed by atoms with van der Waals surface area (Å²) in [5.41, 5.74) is 0. The molecular formula is C68H133NO5. The Kier molecular flexibility index (Phi) is 62.9. The molecule has 0 aliphatic carbocycles. The Labute approximate surface area is 463 Å². The minimum Gasteiger partial charge on any atom is -0.466 e. The Morgan fingerprint density at radius 1 is 0.365 bits per heavy atom. The van der Waals surface area contributed by atoms with Crippen molar-refractivity contribution in [1.82, 2.24) is 5.32 Å². The summed E-state index contributed by atoms with van der Waals surface area (Å²) in [5, 5.41) is 23.1. The van der Waals surface area contributed by atoms with E-state index in [4.69, 9.17) is 4.74 Å². The van der Waals surface area contributed by atoms with Crippen LogP contribution in [0.2, 0.25) is 0 Å². The molecule has 3 N–H and O–H groups in total. The number of rotatable bonds is 64. The highest BCUT2D eigenvalue weighted by molar-refractivity contribution is 5.76. The van der Waals surface area contributed by atoms with Gasteiger partial charge >= 0.3 is 5.97 Å². The van der Waals surface area contributed by atoms with Crippen LogP contribution in [0.15, 0.2) is 12.2 Å². The summed E-state index contributed by atoms with van der Waals surface area (Å²) in [6.07, 6.45) is 78.4. The Bertz CT molecular complexity index is 1110. The lowest BCUT2D eigenvalue weighted by molar-refractivity contribution is -0.143. The third kappa shape index (κ3) is 59.8. The monoisotopic (exact) mass is 1040 g/mol. The van der Waals surface area contributed by atoms with E-state index >= 15 is 0 Å². The van der Waals surface area contributed by atoms with Crippen molar-refractivity contribution in [1.29, 1.82) is 0 Å². The van der Waals surface area contributed by atoms with E-state index in [0.717, 1.165) is 38.5 Å². The second-order valence-electron chi connectivity index (χ2n) is 23.5. The van der Waals surface area contributed by atoms with Gasteiger partial charge in [-0.1, -0.05) is 334 Å². The van der Waals surface area contributed by atoms with Gasteiger partial charge in [0.25, 0.3) is 0 Å². The number of carbonyl (C=O) groups excluding carboxylic acids is 2. The predicted molar refractivity (Wildman–Crippen MR) is 324 cm³/mol. The second kappa shape index (κ2) is 64.1. The summed E-state index contributed by atoms with van der Waals surface area (Å²) in [7, 11) is 0. The fraction of sp³-hybridized carbons (Fsp3) is 0.941. The smallest absolute Gasteiger partial charge is 0.305 e. The molecule has 0 aromatic heterocycles.